The highest BCUT2D eigenvalue weighted by Crippen LogP contribution is 2.07. The number of carbonyl (C=O) groups is 1. The molecule has 1 atom stereocenters. The second kappa shape index (κ2) is 11.8. The van der Waals surface area contributed by atoms with Crippen molar-refractivity contribution in [3.05, 3.63) is 35.4 Å². The Morgan fingerprint density at radius 3 is 2.28 bits per heavy atom. The number of hydrogen-bond donors (Lipinski definition) is 2. The number of amides is 1. The molecule has 2 N–H and O–H groups in total. The van der Waals surface area contributed by atoms with E-state index in [1.54, 1.807) is 26.0 Å². The Kier molecular flexibility index (Phi) is 9.41. The number of benzene rings is 1. The zero-order valence-corrected chi connectivity index (χ0v) is 18.7. The normalized spacial score (nSPS) is 17.1. The van der Waals surface area contributed by atoms with Crippen LogP contribution in [0.3, 0.4) is 0 Å². The predicted octanol–water partition coefficient (Wildman–Crippen LogP) is 1.33. The SMILES string of the molecule is CCN1CCN(CC(C)CNC(=NC)NCc2ccc(C(=O)N(C)C)cc2)CC1. The van der Waals surface area contributed by atoms with Crippen molar-refractivity contribution < 1.29 is 4.79 Å². The van der Waals surface area contributed by atoms with Gasteiger partial charge in [0.25, 0.3) is 5.91 Å². The van der Waals surface area contributed by atoms with Crippen LogP contribution in [0.4, 0.5) is 0 Å². The fourth-order valence-corrected chi connectivity index (χ4v) is 3.49. The zero-order chi connectivity index (χ0) is 21.2. The Balaban J connectivity index is 1.71. The molecule has 7 heteroatoms. The lowest BCUT2D eigenvalue weighted by molar-refractivity contribution is 0.0827. The summed E-state index contributed by atoms with van der Waals surface area (Å²) in [6, 6.07) is 7.71. The number of nitrogens with zero attached hydrogens (tertiary/aromatic N) is 4. The first-order valence-electron chi connectivity index (χ1n) is 10.6. The Morgan fingerprint density at radius 2 is 1.72 bits per heavy atom. The van der Waals surface area contributed by atoms with E-state index in [1.165, 1.54) is 13.1 Å². The van der Waals surface area contributed by atoms with E-state index in [1.807, 2.05) is 24.3 Å². The molecule has 1 saturated heterocycles. The summed E-state index contributed by atoms with van der Waals surface area (Å²) in [7, 11) is 5.32. The van der Waals surface area contributed by atoms with Crippen molar-refractivity contribution in [1.29, 1.82) is 0 Å². The quantitative estimate of drug-likeness (QED) is 0.507. The number of carbonyl (C=O) groups excluding carboxylic acids is 1. The molecule has 29 heavy (non-hydrogen) atoms. The minimum atomic E-state index is 0.0204. The number of rotatable bonds is 8. The zero-order valence-electron chi connectivity index (χ0n) is 18.7. The van der Waals surface area contributed by atoms with Crippen LogP contribution in [-0.4, -0.2) is 93.5 Å². The van der Waals surface area contributed by atoms with Gasteiger partial charge in [-0.3, -0.25) is 9.79 Å². The molecule has 0 bridgehead atoms. The molecule has 1 aliphatic rings. The molecule has 0 radical (unpaired) electrons. The van der Waals surface area contributed by atoms with Crippen LogP contribution in [0.2, 0.25) is 0 Å². The number of nitrogens with one attached hydrogen (secondary N) is 2. The molecule has 0 aliphatic carbocycles. The number of likely N-dealkylation sites (N-methyl/N-ethyl adjacent to an activating group) is 1. The number of aliphatic imine (C=N–C) groups is 1. The predicted molar refractivity (Wildman–Crippen MR) is 120 cm³/mol. The van der Waals surface area contributed by atoms with Crippen molar-refractivity contribution in [2.45, 2.75) is 20.4 Å². The maximum Gasteiger partial charge on any atom is 0.253 e. The highest BCUT2D eigenvalue weighted by molar-refractivity contribution is 5.93. The lowest BCUT2D eigenvalue weighted by Crippen LogP contribution is -2.48. The van der Waals surface area contributed by atoms with Gasteiger partial charge in [0.1, 0.15) is 0 Å². The molecule has 1 fully saturated rings. The summed E-state index contributed by atoms with van der Waals surface area (Å²) in [4.78, 5) is 22.9. The molecule has 1 heterocycles. The maximum atomic E-state index is 12.0. The van der Waals surface area contributed by atoms with Gasteiger partial charge in [0.15, 0.2) is 5.96 Å². The van der Waals surface area contributed by atoms with Crippen LogP contribution in [0.15, 0.2) is 29.3 Å². The van der Waals surface area contributed by atoms with Gasteiger partial charge >= 0.3 is 0 Å². The van der Waals surface area contributed by atoms with E-state index in [4.69, 9.17) is 0 Å². The minimum absolute atomic E-state index is 0.0204. The van der Waals surface area contributed by atoms with Crippen molar-refractivity contribution in [2.24, 2.45) is 10.9 Å². The Labute approximate surface area is 176 Å². The van der Waals surface area contributed by atoms with Crippen molar-refractivity contribution in [2.75, 3.05) is 67.0 Å². The maximum absolute atomic E-state index is 12.0. The van der Waals surface area contributed by atoms with E-state index in [9.17, 15) is 4.79 Å². The molecule has 1 aromatic rings. The van der Waals surface area contributed by atoms with Gasteiger partial charge in [-0.15, -0.1) is 0 Å². The highest BCUT2D eigenvalue weighted by Gasteiger charge is 2.17. The monoisotopic (exact) mass is 402 g/mol. The van der Waals surface area contributed by atoms with Crippen LogP contribution >= 0.6 is 0 Å². The van der Waals surface area contributed by atoms with Gasteiger partial charge in [-0.2, -0.15) is 0 Å². The van der Waals surface area contributed by atoms with Crippen LogP contribution in [0, 0.1) is 5.92 Å². The van der Waals surface area contributed by atoms with Crippen LogP contribution in [-0.2, 0) is 6.54 Å². The summed E-state index contributed by atoms with van der Waals surface area (Å²) in [5, 5.41) is 6.79. The number of hydrogen-bond acceptors (Lipinski definition) is 4. The molecular formula is C22H38N6O. The third-order valence-corrected chi connectivity index (χ3v) is 5.39. The molecule has 0 aromatic heterocycles. The average molecular weight is 403 g/mol. The molecular weight excluding hydrogens is 364 g/mol. The second-order valence-electron chi connectivity index (χ2n) is 8.04. The summed E-state index contributed by atoms with van der Waals surface area (Å²) in [6.45, 7) is 13.0. The molecule has 1 aliphatic heterocycles. The molecule has 1 amide bonds. The van der Waals surface area contributed by atoms with Gasteiger partial charge < -0.3 is 25.3 Å². The third-order valence-electron chi connectivity index (χ3n) is 5.39. The van der Waals surface area contributed by atoms with Gasteiger partial charge in [-0.25, -0.2) is 0 Å². The summed E-state index contributed by atoms with van der Waals surface area (Å²) >= 11 is 0. The summed E-state index contributed by atoms with van der Waals surface area (Å²) in [5.74, 6) is 1.38. The first-order chi connectivity index (χ1) is 13.9. The molecule has 1 aromatic carbocycles. The van der Waals surface area contributed by atoms with Crippen molar-refractivity contribution >= 4 is 11.9 Å². The topological polar surface area (TPSA) is 63.2 Å². The Morgan fingerprint density at radius 1 is 1.10 bits per heavy atom. The highest BCUT2D eigenvalue weighted by atomic mass is 16.2. The molecule has 0 spiro atoms. The minimum Gasteiger partial charge on any atom is -0.356 e. The fraction of sp³-hybridized carbons (Fsp3) is 0.636. The van der Waals surface area contributed by atoms with Crippen LogP contribution in [0.1, 0.15) is 29.8 Å². The first kappa shape index (κ1) is 23.2. The first-order valence-corrected chi connectivity index (χ1v) is 10.6. The van der Waals surface area contributed by atoms with Gasteiger partial charge in [-0.05, 0) is 30.2 Å². The summed E-state index contributed by atoms with van der Waals surface area (Å²) in [6.07, 6.45) is 0. The van der Waals surface area contributed by atoms with E-state index in [2.05, 4.69) is 39.3 Å². The van der Waals surface area contributed by atoms with Crippen LogP contribution in [0.25, 0.3) is 0 Å². The lowest BCUT2D eigenvalue weighted by Gasteiger charge is -2.35. The average Bonchev–Trinajstić information content (AvgIpc) is 2.74. The fourth-order valence-electron chi connectivity index (χ4n) is 3.49. The third kappa shape index (κ3) is 7.66. The van der Waals surface area contributed by atoms with Gasteiger partial charge in [0.05, 0.1) is 0 Å². The molecule has 2 rings (SSSR count). The lowest BCUT2D eigenvalue weighted by atomic mass is 10.1. The van der Waals surface area contributed by atoms with Crippen molar-refractivity contribution in [1.82, 2.24) is 25.3 Å². The number of guanidine groups is 1. The molecule has 1 unspecified atom stereocenters. The largest absolute Gasteiger partial charge is 0.356 e. The van der Waals surface area contributed by atoms with Gasteiger partial charge in [-0.1, -0.05) is 26.0 Å². The van der Waals surface area contributed by atoms with E-state index < -0.39 is 0 Å². The molecule has 0 saturated carbocycles. The van der Waals surface area contributed by atoms with Crippen molar-refractivity contribution in [3.8, 4) is 0 Å². The van der Waals surface area contributed by atoms with E-state index in [0.717, 1.165) is 44.2 Å². The standard InChI is InChI=1S/C22H38N6O/c1-6-27-11-13-28(14-12-27)17-18(2)15-24-22(23-3)25-16-19-7-9-20(10-8-19)21(29)26(4)5/h7-10,18H,6,11-17H2,1-5H3,(H2,23,24,25). The van der Waals surface area contributed by atoms with Crippen molar-refractivity contribution in [3.63, 3.8) is 0 Å². The molecule has 7 nitrogen and oxygen atoms in total. The summed E-state index contributed by atoms with van der Waals surface area (Å²) in [5.41, 5.74) is 1.82. The van der Waals surface area contributed by atoms with E-state index in [0.29, 0.717) is 18.0 Å². The van der Waals surface area contributed by atoms with Gasteiger partial charge in [0.2, 0.25) is 0 Å². The van der Waals surface area contributed by atoms with Gasteiger partial charge in [0, 0.05) is 72.5 Å². The molecule has 162 valence electrons. The van der Waals surface area contributed by atoms with Crippen LogP contribution < -0.4 is 10.6 Å². The van der Waals surface area contributed by atoms with E-state index in [-0.39, 0.29) is 5.91 Å². The second-order valence-corrected chi connectivity index (χ2v) is 8.04. The summed E-state index contributed by atoms with van der Waals surface area (Å²) < 4.78 is 0. The smallest absolute Gasteiger partial charge is 0.253 e. The Bertz CT molecular complexity index is 650. The Hall–Kier alpha value is -2.12. The van der Waals surface area contributed by atoms with Crippen LogP contribution in [0.5, 0.6) is 0 Å². The number of piperazine rings is 1. The van der Waals surface area contributed by atoms with E-state index >= 15 is 0 Å².